The summed E-state index contributed by atoms with van der Waals surface area (Å²) in [6, 6.07) is 9.08. The van der Waals surface area contributed by atoms with Gasteiger partial charge in [-0.15, -0.1) is 0 Å². The van der Waals surface area contributed by atoms with Gasteiger partial charge >= 0.3 is 12.1 Å². The maximum Gasteiger partial charge on any atom is 0.410 e. The van der Waals surface area contributed by atoms with Gasteiger partial charge in [-0.2, -0.15) is 0 Å². The minimum absolute atomic E-state index is 0.0550. The van der Waals surface area contributed by atoms with Gasteiger partial charge in [0.2, 0.25) is 5.72 Å². The Morgan fingerprint density at radius 3 is 2.19 bits per heavy atom. The summed E-state index contributed by atoms with van der Waals surface area (Å²) in [5.41, 5.74) is -1.78. The molecule has 1 aromatic rings. The number of hydrogen-bond donors (Lipinski definition) is 2. The number of nitrogens with one attached hydrogen (secondary N) is 1. The Hall–Kier alpha value is -2.08. The van der Waals surface area contributed by atoms with Crippen LogP contribution >= 0.6 is 0 Å². The number of carboxylic acids is 1. The number of aliphatic carboxylic acids is 1. The van der Waals surface area contributed by atoms with Crippen LogP contribution in [0, 0.1) is 0 Å². The van der Waals surface area contributed by atoms with Crippen molar-refractivity contribution in [2.75, 3.05) is 0 Å². The molecule has 6 heteroatoms. The van der Waals surface area contributed by atoms with Crippen LogP contribution < -0.4 is 5.32 Å². The van der Waals surface area contributed by atoms with E-state index in [1.165, 1.54) is 6.92 Å². The molecular weight excluding hydrogens is 274 g/mol. The molecule has 2 N–H and O–H groups in total. The van der Waals surface area contributed by atoms with E-state index in [1.807, 2.05) is 18.2 Å². The average Bonchev–Trinajstić information content (AvgIpc) is 2.35. The predicted molar refractivity (Wildman–Crippen MR) is 76.6 cm³/mol. The van der Waals surface area contributed by atoms with Crippen molar-refractivity contribution in [1.29, 1.82) is 0 Å². The van der Waals surface area contributed by atoms with E-state index in [-0.39, 0.29) is 6.61 Å². The third kappa shape index (κ3) is 5.83. The Bertz CT molecular complexity index is 495. The van der Waals surface area contributed by atoms with Crippen LogP contribution in [0.25, 0.3) is 0 Å². The Labute approximate surface area is 124 Å². The maximum atomic E-state index is 11.7. The number of rotatable bonds is 5. The number of ether oxygens (including phenoxy) is 2. The molecule has 0 bridgehead atoms. The SMILES string of the molecule is CC(C)(C)OC(=O)N[C@@](C)(OCc1ccccc1)C(=O)O. The quantitative estimate of drug-likeness (QED) is 0.815. The molecule has 1 amide bonds. The van der Waals surface area contributed by atoms with Gasteiger partial charge in [-0.05, 0) is 33.3 Å². The molecule has 0 aliphatic heterocycles. The number of carboxylic acid groups (broad SMARTS) is 1. The van der Waals surface area contributed by atoms with Crippen LogP contribution in [0.3, 0.4) is 0 Å². The molecule has 1 rings (SSSR count). The number of hydrogen-bond acceptors (Lipinski definition) is 4. The molecule has 21 heavy (non-hydrogen) atoms. The molecule has 0 radical (unpaired) electrons. The molecule has 0 spiro atoms. The lowest BCUT2D eigenvalue weighted by molar-refractivity contribution is -0.169. The third-order valence-electron chi connectivity index (χ3n) is 2.52. The Kier molecular flexibility index (Phi) is 5.32. The van der Waals surface area contributed by atoms with Gasteiger partial charge < -0.3 is 14.6 Å². The van der Waals surface area contributed by atoms with E-state index in [1.54, 1.807) is 32.9 Å². The molecule has 6 nitrogen and oxygen atoms in total. The van der Waals surface area contributed by atoms with Crippen molar-refractivity contribution >= 4 is 12.1 Å². The fourth-order valence-electron chi connectivity index (χ4n) is 1.45. The lowest BCUT2D eigenvalue weighted by atomic mass is 10.2. The number of alkyl carbamates (subject to hydrolysis) is 1. The molecule has 1 aromatic carbocycles. The van der Waals surface area contributed by atoms with Gasteiger partial charge in [0, 0.05) is 0 Å². The standard InChI is InChI=1S/C15H21NO5/c1-14(2,3)21-13(19)16-15(4,12(17)18)20-10-11-8-6-5-7-9-11/h5-9H,10H2,1-4H3,(H,16,19)(H,17,18)/t15-/m0/s1. The molecular formula is C15H21NO5. The monoisotopic (exact) mass is 295 g/mol. The molecule has 1 atom stereocenters. The van der Waals surface area contributed by atoms with Crippen LogP contribution in [0.15, 0.2) is 30.3 Å². The number of amides is 1. The fraction of sp³-hybridized carbons (Fsp3) is 0.467. The summed E-state index contributed by atoms with van der Waals surface area (Å²) in [6.45, 7) is 6.39. The van der Waals surface area contributed by atoms with Gasteiger partial charge in [-0.25, -0.2) is 9.59 Å². The summed E-state index contributed by atoms with van der Waals surface area (Å²) in [5.74, 6) is -1.30. The highest BCUT2D eigenvalue weighted by molar-refractivity contribution is 5.82. The van der Waals surface area contributed by atoms with Crippen molar-refractivity contribution < 1.29 is 24.2 Å². The van der Waals surface area contributed by atoms with Gasteiger partial charge in [-0.1, -0.05) is 30.3 Å². The summed E-state index contributed by atoms with van der Waals surface area (Å²) in [7, 11) is 0. The van der Waals surface area contributed by atoms with E-state index in [4.69, 9.17) is 9.47 Å². The van der Waals surface area contributed by atoms with Crippen molar-refractivity contribution in [1.82, 2.24) is 5.32 Å². The van der Waals surface area contributed by atoms with Crippen LogP contribution in [-0.2, 0) is 20.9 Å². The van der Waals surface area contributed by atoms with Crippen molar-refractivity contribution in [3.63, 3.8) is 0 Å². The van der Waals surface area contributed by atoms with E-state index < -0.39 is 23.4 Å². The van der Waals surface area contributed by atoms with Gasteiger partial charge in [0.1, 0.15) is 5.60 Å². The maximum absolute atomic E-state index is 11.7. The van der Waals surface area contributed by atoms with Crippen LogP contribution in [0.1, 0.15) is 33.3 Å². The van der Waals surface area contributed by atoms with E-state index >= 15 is 0 Å². The first-order chi connectivity index (χ1) is 9.62. The second-order valence-corrected chi connectivity index (χ2v) is 5.74. The molecule has 0 fully saturated rings. The minimum Gasteiger partial charge on any atom is -0.478 e. The summed E-state index contributed by atoms with van der Waals surface area (Å²) in [4.78, 5) is 23.1. The first-order valence-corrected chi connectivity index (χ1v) is 6.55. The van der Waals surface area contributed by atoms with E-state index in [2.05, 4.69) is 5.32 Å². The lowest BCUT2D eigenvalue weighted by Gasteiger charge is -2.28. The Balaban J connectivity index is 2.70. The first-order valence-electron chi connectivity index (χ1n) is 6.55. The minimum atomic E-state index is -1.86. The Morgan fingerprint density at radius 1 is 1.14 bits per heavy atom. The normalized spacial score (nSPS) is 14.1. The molecule has 0 unspecified atom stereocenters. The van der Waals surface area contributed by atoms with Crippen LogP contribution in [0.4, 0.5) is 4.79 Å². The summed E-state index contributed by atoms with van der Waals surface area (Å²) >= 11 is 0. The molecule has 0 aliphatic carbocycles. The van der Waals surface area contributed by atoms with E-state index in [0.717, 1.165) is 5.56 Å². The smallest absolute Gasteiger partial charge is 0.410 e. The number of carbonyl (C=O) groups is 2. The second kappa shape index (κ2) is 6.58. The zero-order valence-electron chi connectivity index (χ0n) is 12.7. The van der Waals surface area contributed by atoms with Gasteiger partial charge in [-0.3, -0.25) is 5.32 Å². The van der Waals surface area contributed by atoms with Crippen molar-refractivity contribution in [3.8, 4) is 0 Å². The largest absolute Gasteiger partial charge is 0.478 e. The van der Waals surface area contributed by atoms with Crippen molar-refractivity contribution in [2.45, 2.75) is 45.6 Å². The highest BCUT2D eigenvalue weighted by Gasteiger charge is 2.37. The molecule has 0 saturated carbocycles. The average molecular weight is 295 g/mol. The van der Waals surface area contributed by atoms with Gasteiger partial charge in [0.25, 0.3) is 0 Å². The zero-order valence-corrected chi connectivity index (χ0v) is 12.7. The van der Waals surface area contributed by atoms with Crippen LogP contribution in [0.5, 0.6) is 0 Å². The van der Waals surface area contributed by atoms with Gasteiger partial charge in [0.15, 0.2) is 0 Å². The van der Waals surface area contributed by atoms with Crippen molar-refractivity contribution in [3.05, 3.63) is 35.9 Å². The summed E-state index contributed by atoms with van der Waals surface area (Å²) < 4.78 is 10.4. The highest BCUT2D eigenvalue weighted by Crippen LogP contribution is 2.14. The van der Waals surface area contributed by atoms with E-state index in [9.17, 15) is 14.7 Å². The van der Waals surface area contributed by atoms with Crippen molar-refractivity contribution in [2.24, 2.45) is 0 Å². The lowest BCUT2D eigenvalue weighted by Crippen LogP contribution is -2.55. The summed E-state index contributed by atoms with van der Waals surface area (Å²) in [6.07, 6.45) is -0.847. The van der Waals surface area contributed by atoms with Gasteiger partial charge in [0.05, 0.1) is 6.61 Å². The zero-order chi connectivity index (χ0) is 16.1. The number of carbonyl (C=O) groups excluding carboxylic acids is 1. The summed E-state index contributed by atoms with van der Waals surface area (Å²) in [5, 5.41) is 11.5. The second-order valence-electron chi connectivity index (χ2n) is 5.74. The molecule has 116 valence electrons. The van der Waals surface area contributed by atoms with Crippen LogP contribution in [-0.4, -0.2) is 28.5 Å². The predicted octanol–water partition coefficient (Wildman–Crippen LogP) is 2.53. The fourth-order valence-corrected chi connectivity index (χ4v) is 1.45. The topological polar surface area (TPSA) is 84.9 Å². The molecule has 0 saturated heterocycles. The number of benzene rings is 1. The first kappa shape index (κ1) is 17.0. The van der Waals surface area contributed by atoms with Crippen LogP contribution in [0.2, 0.25) is 0 Å². The Morgan fingerprint density at radius 2 is 1.71 bits per heavy atom. The molecule has 0 aromatic heterocycles. The third-order valence-corrected chi connectivity index (χ3v) is 2.52. The molecule has 0 aliphatic rings. The molecule has 0 heterocycles. The highest BCUT2D eigenvalue weighted by atomic mass is 16.6. The van der Waals surface area contributed by atoms with E-state index in [0.29, 0.717) is 0 Å².